The molecule has 0 spiro atoms. The SMILES string of the molecule is CCCCN(CCO)C(=O)Nc1ccc(C)cc1C. The van der Waals surface area contributed by atoms with Gasteiger partial charge in [0.25, 0.3) is 0 Å². The van der Waals surface area contributed by atoms with Gasteiger partial charge in [-0.15, -0.1) is 0 Å². The molecule has 0 aliphatic carbocycles. The Balaban J connectivity index is 2.69. The zero-order valence-electron chi connectivity index (χ0n) is 12.1. The molecule has 0 aromatic heterocycles. The molecule has 1 aromatic carbocycles. The third kappa shape index (κ3) is 4.91. The number of aliphatic hydroxyl groups excluding tert-OH is 1. The number of benzene rings is 1. The molecule has 1 rings (SSSR count). The quantitative estimate of drug-likeness (QED) is 0.830. The van der Waals surface area contributed by atoms with E-state index in [2.05, 4.69) is 12.2 Å². The van der Waals surface area contributed by atoms with Gasteiger partial charge in [-0.2, -0.15) is 0 Å². The number of hydrogen-bond acceptors (Lipinski definition) is 2. The number of carbonyl (C=O) groups excluding carboxylic acids is 1. The summed E-state index contributed by atoms with van der Waals surface area (Å²) in [6.07, 6.45) is 1.97. The lowest BCUT2D eigenvalue weighted by molar-refractivity contribution is 0.187. The van der Waals surface area contributed by atoms with Crippen LogP contribution in [-0.4, -0.2) is 35.7 Å². The Kier molecular flexibility index (Phi) is 6.36. The van der Waals surface area contributed by atoms with E-state index in [-0.39, 0.29) is 12.6 Å². The summed E-state index contributed by atoms with van der Waals surface area (Å²) in [5.74, 6) is 0. The zero-order valence-corrected chi connectivity index (χ0v) is 12.1. The molecule has 0 radical (unpaired) electrons. The maximum absolute atomic E-state index is 12.1. The lowest BCUT2D eigenvalue weighted by Crippen LogP contribution is -2.37. The van der Waals surface area contributed by atoms with Gasteiger partial charge in [-0.05, 0) is 31.9 Å². The Labute approximate surface area is 115 Å². The maximum atomic E-state index is 12.1. The standard InChI is InChI=1S/C15H24N2O2/c1-4-5-8-17(9-10-18)15(19)16-14-7-6-12(2)11-13(14)3/h6-7,11,18H,4-5,8-10H2,1-3H3,(H,16,19). The summed E-state index contributed by atoms with van der Waals surface area (Å²) in [7, 11) is 0. The normalized spacial score (nSPS) is 10.3. The lowest BCUT2D eigenvalue weighted by atomic mass is 10.1. The molecule has 0 heterocycles. The number of rotatable bonds is 6. The number of hydrogen-bond donors (Lipinski definition) is 2. The Morgan fingerprint density at radius 3 is 2.63 bits per heavy atom. The second-order valence-electron chi connectivity index (χ2n) is 4.81. The minimum atomic E-state index is -0.144. The average Bonchev–Trinajstić information content (AvgIpc) is 2.37. The second-order valence-corrected chi connectivity index (χ2v) is 4.81. The highest BCUT2D eigenvalue weighted by Gasteiger charge is 2.13. The fraction of sp³-hybridized carbons (Fsp3) is 0.533. The van der Waals surface area contributed by atoms with Gasteiger partial charge in [0.1, 0.15) is 0 Å². The largest absolute Gasteiger partial charge is 0.395 e. The van der Waals surface area contributed by atoms with E-state index in [1.807, 2.05) is 32.0 Å². The summed E-state index contributed by atoms with van der Waals surface area (Å²) in [4.78, 5) is 13.8. The van der Waals surface area contributed by atoms with Crippen molar-refractivity contribution in [3.8, 4) is 0 Å². The van der Waals surface area contributed by atoms with Gasteiger partial charge >= 0.3 is 6.03 Å². The minimum absolute atomic E-state index is 0.00991. The van der Waals surface area contributed by atoms with Crippen molar-refractivity contribution < 1.29 is 9.90 Å². The van der Waals surface area contributed by atoms with Crippen molar-refractivity contribution in [1.82, 2.24) is 4.90 Å². The smallest absolute Gasteiger partial charge is 0.321 e. The first-order chi connectivity index (χ1) is 9.08. The van der Waals surface area contributed by atoms with Crippen molar-refractivity contribution in [3.63, 3.8) is 0 Å². The topological polar surface area (TPSA) is 52.6 Å². The molecule has 0 fully saturated rings. The first-order valence-electron chi connectivity index (χ1n) is 6.82. The number of aryl methyl sites for hydroxylation is 2. The molecular formula is C15H24N2O2. The van der Waals surface area contributed by atoms with E-state index in [0.29, 0.717) is 13.1 Å². The summed E-state index contributed by atoms with van der Waals surface area (Å²) >= 11 is 0. The zero-order chi connectivity index (χ0) is 14.3. The van der Waals surface area contributed by atoms with E-state index < -0.39 is 0 Å². The molecular weight excluding hydrogens is 240 g/mol. The van der Waals surface area contributed by atoms with Crippen LogP contribution in [0.4, 0.5) is 10.5 Å². The molecule has 1 aromatic rings. The van der Waals surface area contributed by atoms with Crippen LogP contribution >= 0.6 is 0 Å². The van der Waals surface area contributed by atoms with Crippen molar-refractivity contribution in [2.24, 2.45) is 0 Å². The Hall–Kier alpha value is -1.55. The molecule has 0 atom stereocenters. The van der Waals surface area contributed by atoms with Gasteiger partial charge in [-0.1, -0.05) is 31.0 Å². The molecule has 4 nitrogen and oxygen atoms in total. The van der Waals surface area contributed by atoms with Crippen molar-refractivity contribution in [3.05, 3.63) is 29.3 Å². The number of aliphatic hydroxyl groups is 1. The fourth-order valence-electron chi connectivity index (χ4n) is 1.93. The van der Waals surface area contributed by atoms with Crippen LogP contribution in [0.3, 0.4) is 0 Å². The molecule has 106 valence electrons. The number of amides is 2. The molecule has 2 amide bonds. The number of urea groups is 1. The monoisotopic (exact) mass is 264 g/mol. The van der Waals surface area contributed by atoms with E-state index >= 15 is 0 Å². The van der Waals surface area contributed by atoms with Gasteiger partial charge in [-0.3, -0.25) is 0 Å². The summed E-state index contributed by atoms with van der Waals surface area (Å²) in [6.45, 7) is 7.12. The molecule has 0 bridgehead atoms. The highest BCUT2D eigenvalue weighted by atomic mass is 16.3. The van der Waals surface area contributed by atoms with Gasteiger partial charge in [0.05, 0.1) is 6.61 Å². The van der Waals surface area contributed by atoms with Crippen LogP contribution in [0.1, 0.15) is 30.9 Å². The number of nitrogens with one attached hydrogen (secondary N) is 1. The molecule has 4 heteroatoms. The number of nitrogens with zero attached hydrogens (tertiary/aromatic N) is 1. The predicted molar refractivity (Wildman–Crippen MR) is 78.5 cm³/mol. The number of anilines is 1. The Morgan fingerprint density at radius 1 is 1.32 bits per heavy atom. The molecule has 2 N–H and O–H groups in total. The first kappa shape index (κ1) is 15.5. The van der Waals surface area contributed by atoms with Crippen LogP contribution in [0, 0.1) is 13.8 Å². The molecule has 0 saturated heterocycles. The maximum Gasteiger partial charge on any atom is 0.321 e. The third-order valence-corrected chi connectivity index (χ3v) is 3.06. The van der Waals surface area contributed by atoms with E-state index in [9.17, 15) is 4.79 Å². The van der Waals surface area contributed by atoms with Crippen molar-refractivity contribution in [2.45, 2.75) is 33.6 Å². The van der Waals surface area contributed by atoms with Gasteiger partial charge in [0.2, 0.25) is 0 Å². The fourth-order valence-corrected chi connectivity index (χ4v) is 1.93. The first-order valence-corrected chi connectivity index (χ1v) is 6.82. The Morgan fingerprint density at radius 2 is 2.05 bits per heavy atom. The van der Waals surface area contributed by atoms with E-state index in [1.165, 1.54) is 5.56 Å². The van der Waals surface area contributed by atoms with Gasteiger partial charge < -0.3 is 15.3 Å². The summed E-state index contributed by atoms with van der Waals surface area (Å²) in [6, 6.07) is 5.79. The van der Waals surface area contributed by atoms with E-state index in [4.69, 9.17) is 5.11 Å². The van der Waals surface area contributed by atoms with Crippen molar-refractivity contribution in [2.75, 3.05) is 25.0 Å². The Bertz CT molecular complexity index is 419. The minimum Gasteiger partial charge on any atom is -0.395 e. The number of unbranched alkanes of at least 4 members (excludes halogenated alkanes) is 1. The van der Waals surface area contributed by atoms with Crippen LogP contribution in [0.5, 0.6) is 0 Å². The van der Waals surface area contributed by atoms with Crippen molar-refractivity contribution >= 4 is 11.7 Å². The second kappa shape index (κ2) is 7.79. The van der Waals surface area contributed by atoms with Crippen LogP contribution in [0.15, 0.2) is 18.2 Å². The lowest BCUT2D eigenvalue weighted by Gasteiger charge is -2.22. The summed E-state index contributed by atoms with van der Waals surface area (Å²) in [5, 5.41) is 11.9. The van der Waals surface area contributed by atoms with E-state index in [1.54, 1.807) is 4.90 Å². The molecule has 0 unspecified atom stereocenters. The third-order valence-electron chi connectivity index (χ3n) is 3.06. The molecule has 19 heavy (non-hydrogen) atoms. The predicted octanol–water partition coefficient (Wildman–Crippen LogP) is 2.93. The molecule has 0 saturated carbocycles. The average molecular weight is 264 g/mol. The summed E-state index contributed by atoms with van der Waals surface area (Å²) in [5.41, 5.74) is 3.05. The van der Waals surface area contributed by atoms with Crippen LogP contribution in [0.25, 0.3) is 0 Å². The summed E-state index contributed by atoms with van der Waals surface area (Å²) < 4.78 is 0. The van der Waals surface area contributed by atoms with Crippen molar-refractivity contribution in [1.29, 1.82) is 0 Å². The van der Waals surface area contributed by atoms with Crippen LogP contribution in [-0.2, 0) is 0 Å². The van der Waals surface area contributed by atoms with Gasteiger partial charge in [0, 0.05) is 18.8 Å². The van der Waals surface area contributed by atoms with Gasteiger partial charge in [0.15, 0.2) is 0 Å². The van der Waals surface area contributed by atoms with Crippen LogP contribution in [0.2, 0.25) is 0 Å². The molecule has 0 aliphatic rings. The number of carbonyl (C=O) groups is 1. The van der Waals surface area contributed by atoms with Gasteiger partial charge in [-0.25, -0.2) is 4.79 Å². The highest BCUT2D eigenvalue weighted by molar-refractivity contribution is 5.90. The van der Waals surface area contributed by atoms with Crippen LogP contribution < -0.4 is 5.32 Å². The highest BCUT2D eigenvalue weighted by Crippen LogP contribution is 2.16. The molecule has 0 aliphatic heterocycles. The van der Waals surface area contributed by atoms with E-state index in [0.717, 1.165) is 24.1 Å².